The van der Waals surface area contributed by atoms with Crippen LogP contribution in [0.15, 0.2) is 0 Å². The summed E-state index contributed by atoms with van der Waals surface area (Å²) in [5.74, 6) is 0. The summed E-state index contributed by atoms with van der Waals surface area (Å²) in [6, 6.07) is 0.444. The molecule has 0 saturated heterocycles. The Balaban J connectivity index is 2.91. The van der Waals surface area contributed by atoms with Gasteiger partial charge in [-0.05, 0) is 12.8 Å². The molecule has 1 heteroatoms. The van der Waals surface area contributed by atoms with Crippen molar-refractivity contribution in [3.05, 3.63) is 6.92 Å². The van der Waals surface area contributed by atoms with Crippen LogP contribution in [-0.2, 0) is 0 Å². The minimum Gasteiger partial charge on any atom is -0.328 e. The third-order valence-electron chi connectivity index (χ3n) is 2.60. The SMILES string of the molecule is [CH2]CCCCCCCCC(N)CC. The van der Waals surface area contributed by atoms with Gasteiger partial charge in [0.25, 0.3) is 0 Å². The second kappa shape index (κ2) is 10.0. The minimum absolute atomic E-state index is 0.444. The van der Waals surface area contributed by atoms with E-state index in [1.54, 1.807) is 0 Å². The summed E-state index contributed by atoms with van der Waals surface area (Å²) in [6.45, 7) is 6.00. The van der Waals surface area contributed by atoms with E-state index in [2.05, 4.69) is 13.8 Å². The first kappa shape index (κ1) is 13.0. The quantitative estimate of drug-likeness (QED) is 0.543. The van der Waals surface area contributed by atoms with Crippen LogP contribution in [-0.4, -0.2) is 6.04 Å². The van der Waals surface area contributed by atoms with Crippen molar-refractivity contribution >= 4 is 0 Å². The van der Waals surface area contributed by atoms with Crippen LogP contribution in [0.2, 0.25) is 0 Å². The van der Waals surface area contributed by atoms with Gasteiger partial charge in [-0.25, -0.2) is 0 Å². The van der Waals surface area contributed by atoms with Crippen molar-refractivity contribution in [2.45, 2.75) is 70.8 Å². The summed E-state index contributed by atoms with van der Waals surface area (Å²) in [6.07, 6.45) is 11.6. The molecule has 1 unspecified atom stereocenters. The van der Waals surface area contributed by atoms with Crippen molar-refractivity contribution in [1.82, 2.24) is 0 Å². The van der Waals surface area contributed by atoms with Crippen molar-refractivity contribution in [3.8, 4) is 0 Å². The van der Waals surface area contributed by atoms with E-state index in [1.165, 1.54) is 44.9 Å². The van der Waals surface area contributed by atoms with Crippen LogP contribution in [0, 0.1) is 6.92 Å². The number of unbranched alkanes of at least 4 members (excludes halogenated alkanes) is 6. The van der Waals surface area contributed by atoms with E-state index >= 15 is 0 Å². The fourth-order valence-electron chi connectivity index (χ4n) is 1.49. The Kier molecular flexibility index (Phi) is 10.0. The molecule has 0 aromatic carbocycles. The normalized spacial score (nSPS) is 13.2. The smallest absolute Gasteiger partial charge is 0.00362 e. The third-order valence-corrected chi connectivity index (χ3v) is 2.60. The molecule has 0 bridgehead atoms. The number of hydrogen-bond acceptors (Lipinski definition) is 1. The Labute approximate surface area is 84.1 Å². The van der Waals surface area contributed by atoms with Crippen molar-refractivity contribution in [2.75, 3.05) is 0 Å². The molecule has 1 nitrogen and oxygen atoms in total. The highest BCUT2D eigenvalue weighted by atomic mass is 14.6. The Morgan fingerprint density at radius 2 is 1.54 bits per heavy atom. The van der Waals surface area contributed by atoms with Gasteiger partial charge in [0, 0.05) is 6.04 Å². The molecule has 0 saturated carbocycles. The van der Waals surface area contributed by atoms with Gasteiger partial charge in [0.05, 0.1) is 0 Å². The summed E-state index contributed by atoms with van der Waals surface area (Å²) in [5.41, 5.74) is 5.83. The molecular weight excluding hydrogens is 158 g/mol. The van der Waals surface area contributed by atoms with Crippen molar-refractivity contribution in [1.29, 1.82) is 0 Å². The van der Waals surface area contributed by atoms with Crippen LogP contribution < -0.4 is 5.73 Å². The second-order valence-electron chi connectivity index (χ2n) is 3.93. The van der Waals surface area contributed by atoms with Gasteiger partial charge in [-0.2, -0.15) is 0 Å². The van der Waals surface area contributed by atoms with E-state index in [4.69, 9.17) is 5.73 Å². The van der Waals surface area contributed by atoms with Crippen molar-refractivity contribution < 1.29 is 0 Å². The number of hydrogen-bond donors (Lipinski definition) is 1. The third kappa shape index (κ3) is 9.88. The van der Waals surface area contributed by atoms with Crippen LogP contribution in [0.25, 0.3) is 0 Å². The molecule has 0 aliphatic rings. The Morgan fingerprint density at radius 3 is 2.08 bits per heavy atom. The monoisotopic (exact) mass is 184 g/mol. The first-order valence-electron chi connectivity index (χ1n) is 5.86. The molecule has 79 valence electrons. The highest BCUT2D eigenvalue weighted by molar-refractivity contribution is 4.58. The molecule has 13 heavy (non-hydrogen) atoms. The predicted molar refractivity (Wildman–Crippen MR) is 60.6 cm³/mol. The Hall–Kier alpha value is -0.0400. The van der Waals surface area contributed by atoms with Gasteiger partial charge in [0.15, 0.2) is 0 Å². The van der Waals surface area contributed by atoms with E-state index in [0.717, 1.165) is 12.8 Å². The fraction of sp³-hybridized carbons (Fsp3) is 0.917. The maximum Gasteiger partial charge on any atom is 0.00362 e. The highest BCUT2D eigenvalue weighted by Gasteiger charge is 1.97. The lowest BCUT2D eigenvalue weighted by Crippen LogP contribution is -2.17. The molecule has 0 aliphatic heterocycles. The zero-order valence-electron chi connectivity index (χ0n) is 9.23. The molecular formula is C12H26N. The molecule has 2 N–H and O–H groups in total. The minimum atomic E-state index is 0.444. The van der Waals surface area contributed by atoms with E-state index in [0.29, 0.717) is 6.04 Å². The molecule has 0 aromatic heterocycles. The standard InChI is InChI=1S/C12H26N/c1-3-5-6-7-8-9-10-11-12(13)4-2/h12H,1,3-11,13H2,2H3. The molecule has 0 aromatic rings. The van der Waals surface area contributed by atoms with Gasteiger partial charge in [-0.3, -0.25) is 0 Å². The predicted octanol–water partition coefficient (Wildman–Crippen LogP) is 3.68. The van der Waals surface area contributed by atoms with Gasteiger partial charge in [0.1, 0.15) is 0 Å². The van der Waals surface area contributed by atoms with Crippen LogP contribution in [0.1, 0.15) is 64.7 Å². The van der Waals surface area contributed by atoms with Crippen molar-refractivity contribution in [2.24, 2.45) is 5.73 Å². The molecule has 0 rings (SSSR count). The molecule has 1 atom stereocenters. The lowest BCUT2D eigenvalue weighted by Gasteiger charge is -2.07. The van der Waals surface area contributed by atoms with Crippen LogP contribution in [0.4, 0.5) is 0 Å². The van der Waals surface area contributed by atoms with Crippen LogP contribution >= 0.6 is 0 Å². The molecule has 0 spiro atoms. The van der Waals surface area contributed by atoms with E-state index in [-0.39, 0.29) is 0 Å². The average Bonchev–Trinajstić information content (AvgIpc) is 2.16. The summed E-state index contributed by atoms with van der Waals surface area (Å²) >= 11 is 0. The summed E-state index contributed by atoms with van der Waals surface area (Å²) in [4.78, 5) is 0. The maximum absolute atomic E-state index is 5.83. The van der Waals surface area contributed by atoms with Gasteiger partial charge < -0.3 is 5.73 Å². The van der Waals surface area contributed by atoms with Crippen molar-refractivity contribution in [3.63, 3.8) is 0 Å². The molecule has 0 heterocycles. The van der Waals surface area contributed by atoms with Gasteiger partial charge in [0.2, 0.25) is 0 Å². The summed E-state index contributed by atoms with van der Waals surface area (Å²) in [5, 5.41) is 0. The van der Waals surface area contributed by atoms with E-state index in [1.807, 2.05) is 0 Å². The first-order valence-corrected chi connectivity index (χ1v) is 5.86. The van der Waals surface area contributed by atoms with Crippen LogP contribution in [0.5, 0.6) is 0 Å². The molecule has 0 amide bonds. The molecule has 0 fully saturated rings. The highest BCUT2D eigenvalue weighted by Crippen LogP contribution is 2.09. The van der Waals surface area contributed by atoms with Crippen LogP contribution in [0.3, 0.4) is 0 Å². The molecule has 1 radical (unpaired) electrons. The summed E-state index contributed by atoms with van der Waals surface area (Å²) in [7, 11) is 0. The number of rotatable bonds is 9. The second-order valence-corrected chi connectivity index (χ2v) is 3.93. The largest absolute Gasteiger partial charge is 0.328 e. The average molecular weight is 184 g/mol. The maximum atomic E-state index is 5.83. The Morgan fingerprint density at radius 1 is 1.00 bits per heavy atom. The lowest BCUT2D eigenvalue weighted by atomic mass is 10.0. The van der Waals surface area contributed by atoms with E-state index < -0.39 is 0 Å². The molecule has 0 aliphatic carbocycles. The lowest BCUT2D eigenvalue weighted by molar-refractivity contribution is 0.523. The zero-order chi connectivity index (χ0) is 9.94. The zero-order valence-corrected chi connectivity index (χ0v) is 9.23. The van der Waals surface area contributed by atoms with Gasteiger partial charge in [-0.15, -0.1) is 0 Å². The van der Waals surface area contributed by atoms with E-state index in [9.17, 15) is 0 Å². The van der Waals surface area contributed by atoms with Gasteiger partial charge in [-0.1, -0.05) is 58.8 Å². The summed E-state index contributed by atoms with van der Waals surface area (Å²) < 4.78 is 0. The first-order chi connectivity index (χ1) is 6.31. The number of nitrogens with two attached hydrogens (primary N) is 1. The topological polar surface area (TPSA) is 26.0 Å². The Bertz CT molecular complexity index is 91.1. The van der Waals surface area contributed by atoms with Gasteiger partial charge >= 0.3 is 0 Å². The fourth-order valence-corrected chi connectivity index (χ4v) is 1.49.